The lowest BCUT2D eigenvalue weighted by atomic mass is 9.82. The van der Waals surface area contributed by atoms with Crippen molar-refractivity contribution >= 4 is 5.91 Å². The topological polar surface area (TPSA) is 29.1 Å². The van der Waals surface area contributed by atoms with Crippen LogP contribution in [0.1, 0.15) is 56.2 Å². The van der Waals surface area contributed by atoms with Crippen LogP contribution in [0.15, 0.2) is 30.5 Å². The predicted octanol–water partition coefficient (Wildman–Crippen LogP) is 3.80. The molecule has 0 aromatic heterocycles. The van der Waals surface area contributed by atoms with Crippen molar-refractivity contribution in [2.24, 2.45) is 0 Å². The third kappa shape index (κ3) is 2.89. The molecule has 2 nitrogen and oxygen atoms in total. The van der Waals surface area contributed by atoms with Gasteiger partial charge in [0.1, 0.15) is 0 Å². The van der Waals surface area contributed by atoms with E-state index in [0.29, 0.717) is 0 Å². The van der Waals surface area contributed by atoms with Gasteiger partial charge in [0.25, 0.3) is 0 Å². The molecular formula is C17H23NO. The molecule has 1 aliphatic heterocycles. The number of nitrogens with one attached hydrogen (secondary N) is 1. The zero-order chi connectivity index (χ0) is 14.2. The quantitative estimate of drug-likeness (QED) is 0.814. The largest absolute Gasteiger partial charge is 0.330 e. The van der Waals surface area contributed by atoms with Crippen molar-refractivity contribution in [2.45, 2.75) is 51.9 Å². The third-order valence-corrected chi connectivity index (χ3v) is 3.86. The van der Waals surface area contributed by atoms with Crippen molar-refractivity contribution in [3.8, 4) is 0 Å². The number of rotatable bonds is 1. The van der Waals surface area contributed by atoms with Crippen LogP contribution >= 0.6 is 0 Å². The fourth-order valence-corrected chi connectivity index (χ4v) is 2.60. The molecule has 1 aromatic rings. The molecule has 1 heterocycles. The zero-order valence-electron chi connectivity index (χ0n) is 12.3. The van der Waals surface area contributed by atoms with Crippen molar-refractivity contribution in [3.63, 3.8) is 0 Å². The second kappa shape index (κ2) is 4.84. The minimum atomic E-state index is -0.0282. The van der Waals surface area contributed by atoms with E-state index in [9.17, 15) is 4.79 Å². The number of aryl methyl sites for hydroxylation is 1. The van der Waals surface area contributed by atoms with Gasteiger partial charge in [0.05, 0.1) is 5.92 Å². The molecule has 19 heavy (non-hydrogen) atoms. The average Bonchev–Trinajstić information content (AvgIpc) is 2.28. The molecule has 1 atom stereocenters. The first kappa shape index (κ1) is 13.9. The zero-order valence-corrected chi connectivity index (χ0v) is 12.3. The number of carbonyl (C=O) groups is 1. The Kier molecular flexibility index (Phi) is 3.53. The van der Waals surface area contributed by atoms with E-state index in [1.807, 2.05) is 0 Å². The molecule has 102 valence electrons. The summed E-state index contributed by atoms with van der Waals surface area (Å²) in [5, 5.41) is 2.87. The third-order valence-electron chi connectivity index (χ3n) is 3.86. The summed E-state index contributed by atoms with van der Waals surface area (Å²) < 4.78 is 0. The molecule has 2 heteroatoms. The monoisotopic (exact) mass is 257 g/mol. The highest BCUT2D eigenvalue weighted by atomic mass is 16.1. The highest BCUT2D eigenvalue weighted by Crippen LogP contribution is 2.32. The summed E-state index contributed by atoms with van der Waals surface area (Å²) in [5.41, 5.74) is 4.66. The van der Waals surface area contributed by atoms with Crippen LogP contribution in [0.2, 0.25) is 0 Å². The van der Waals surface area contributed by atoms with Crippen molar-refractivity contribution in [3.05, 3.63) is 47.2 Å². The second-order valence-electron chi connectivity index (χ2n) is 6.51. The number of amides is 1. The van der Waals surface area contributed by atoms with Crippen LogP contribution in [0.3, 0.4) is 0 Å². The molecule has 2 rings (SSSR count). The van der Waals surface area contributed by atoms with Gasteiger partial charge in [-0.15, -0.1) is 0 Å². The Morgan fingerprint density at radius 2 is 2.00 bits per heavy atom. The van der Waals surface area contributed by atoms with Gasteiger partial charge in [-0.2, -0.15) is 0 Å². The van der Waals surface area contributed by atoms with Gasteiger partial charge in [-0.3, -0.25) is 4.79 Å². The number of hydrogen-bond acceptors (Lipinski definition) is 1. The van der Waals surface area contributed by atoms with E-state index >= 15 is 0 Å². The smallest absolute Gasteiger partial charge is 0.231 e. The van der Waals surface area contributed by atoms with E-state index < -0.39 is 0 Å². The van der Waals surface area contributed by atoms with Gasteiger partial charge in [0, 0.05) is 5.70 Å². The van der Waals surface area contributed by atoms with Gasteiger partial charge in [0.2, 0.25) is 5.91 Å². The first-order chi connectivity index (χ1) is 8.79. The molecule has 0 spiro atoms. The molecular weight excluding hydrogens is 234 g/mol. The summed E-state index contributed by atoms with van der Waals surface area (Å²) in [6, 6.07) is 6.49. The summed E-state index contributed by atoms with van der Waals surface area (Å²) >= 11 is 0. The van der Waals surface area contributed by atoms with Gasteiger partial charge in [-0.1, -0.05) is 45.5 Å². The van der Waals surface area contributed by atoms with Crippen LogP contribution < -0.4 is 5.32 Å². The van der Waals surface area contributed by atoms with Gasteiger partial charge in [-0.25, -0.2) is 0 Å². The van der Waals surface area contributed by atoms with Gasteiger partial charge in [-0.05, 0) is 41.9 Å². The van der Waals surface area contributed by atoms with Crippen molar-refractivity contribution in [1.82, 2.24) is 5.32 Å². The Bertz CT molecular complexity index is 523. The normalized spacial score (nSPS) is 20.3. The Balaban J connectivity index is 2.31. The molecule has 1 unspecified atom stereocenters. The summed E-state index contributed by atoms with van der Waals surface area (Å²) in [7, 11) is 0. The van der Waals surface area contributed by atoms with Crippen LogP contribution in [0.25, 0.3) is 0 Å². The average molecular weight is 257 g/mol. The fraction of sp³-hybridized carbons (Fsp3) is 0.471. The maximum Gasteiger partial charge on any atom is 0.231 e. The lowest BCUT2D eigenvalue weighted by molar-refractivity contribution is -0.122. The molecule has 0 aliphatic carbocycles. The van der Waals surface area contributed by atoms with E-state index in [1.165, 1.54) is 11.1 Å². The number of allylic oxidation sites excluding steroid dienone is 1. The van der Waals surface area contributed by atoms with E-state index in [4.69, 9.17) is 0 Å². The van der Waals surface area contributed by atoms with Crippen LogP contribution in [0.5, 0.6) is 0 Å². The van der Waals surface area contributed by atoms with Crippen molar-refractivity contribution in [1.29, 1.82) is 0 Å². The first-order valence-electron chi connectivity index (χ1n) is 6.88. The van der Waals surface area contributed by atoms with E-state index in [2.05, 4.69) is 57.8 Å². The van der Waals surface area contributed by atoms with E-state index in [0.717, 1.165) is 24.1 Å². The molecule has 1 aromatic carbocycles. The van der Waals surface area contributed by atoms with Crippen molar-refractivity contribution in [2.75, 3.05) is 0 Å². The van der Waals surface area contributed by atoms with Gasteiger partial charge in [0.15, 0.2) is 0 Å². The summed E-state index contributed by atoms with van der Waals surface area (Å²) in [6.45, 7) is 12.5. The number of carbonyl (C=O) groups excluding carboxylic acids is 1. The van der Waals surface area contributed by atoms with Crippen molar-refractivity contribution < 1.29 is 4.79 Å². The summed E-state index contributed by atoms with van der Waals surface area (Å²) in [6.07, 6.45) is 1.73. The molecule has 1 amide bonds. The first-order valence-corrected chi connectivity index (χ1v) is 6.88. The Morgan fingerprint density at radius 3 is 2.53 bits per heavy atom. The standard InChI is InChI=1S/C17H23NO/c1-11-10-13(17(3,4)5)7-9-14(11)15-8-6-12(2)18-16(15)19/h7,9-10,15H,2,6,8H2,1,3-5H3,(H,18,19). The maximum atomic E-state index is 12.1. The molecule has 1 N–H and O–H groups in total. The predicted molar refractivity (Wildman–Crippen MR) is 79.1 cm³/mol. The lowest BCUT2D eigenvalue weighted by Crippen LogP contribution is -2.33. The minimum Gasteiger partial charge on any atom is -0.330 e. The fourth-order valence-electron chi connectivity index (χ4n) is 2.60. The molecule has 0 radical (unpaired) electrons. The highest BCUT2D eigenvalue weighted by molar-refractivity contribution is 5.86. The van der Waals surface area contributed by atoms with E-state index in [-0.39, 0.29) is 17.2 Å². The molecule has 1 saturated heterocycles. The van der Waals surface area contributed by atoms with Crippen LogP contribution in [-0.4, -0.2) is 5.91 Å². The van der Waals surface area contributed by atoms with Gasteiger partial charge >= 0.3 is 0 Å². The van der Waals surface area contributed by atoms with Crippen LogP contribution in [0, 0.1) is 6.92 Å². The molecule has 0 saturated carbocycles. The van der Waals surface area contributed by atoms with Gasteiger partial charge < -0.3 is 5.32 Å². The highest BCUT2D eigenvalue weighted by Gasteiger charge is 2.27. The molecule has 1 aliphatic rings. The van der Waals surface area contributed by atoms with Crippen LogP contribution in [-0.2, 0) is 10.2 Å². The summed E-state index contributed by atoms with van der Waals surface area (Å²) in [5.74, 6) is 0.0578. The SMILES string of the molecule is C=C1CCC(c2ccc(C(C)(C)C)cc2C)C(=O)N1. The number of benzene rings is 1. The Labute approximate surface area is 115 Å². The minimum absolute atomic E-state index is 0.0282. The second-order valence-corrected chi connectivity index (χ2v) is 6.51. The molecule has 1 fully saturated rings. The Hall–Kier alpha value is -1.57. The maximum absolute atomic E-state index is 12.1. The Morgan fingerprint density at radius 1 is 1.32 bits per heavy atom. The molecule has 0 bridgehead atoms. The van der Waals surface area contributed by atoms with E-state index in [1.54, 1.807) is 0 Å². The number of hydrogen-bond donors (Lipinski definition) is 1. The number of piperidine rings is 1. The van der Waals surface area contributed by atoms with Crippen LogP contribution in [0.4, 0.5) is 0 Å². The lowest BCUT2D eigenvalue weighted by Gasteiger charge is -2.26. The summed E-state index contributed by atoms with van der Waals surface area (Å²) in [4.78, 5) is 12.1.